The van der Waals surface area contributed by atoms with E-state index in [1.54, 1.807) is 6.07 Å². The van der Waals surface area contributed by atoms with Crippen LogP contribution in [0.15, 0.2) is 24.4 Å². The molecule has 1 heterocycles. The van der Waals surface area contributed by atoms with Crippen molar-refractivity contribution in [1.82, 2.24) is 10.3 Å². The van der Waals surface area contributed by atoms with E-state index in [1.807, 2.05) is 0 Å². The number of nitrogens with zero attached hydrogens (tertiary/aromatic N) is 1. The average Bonchev–Trinajstić information content (AvgIpc) is 2.16. The van der Waals surface area contributed by atoms with Gasteiger partial charge in [0.05, 0.1) is 5.69 Å². The number of halogens is 3. The molecule has 0 bridgehead atoms. The monoisotopic (exact) mass is 204 g/mol. The Bertz CT molecular complexity index is 297. The first-order valence-corrected chi connectivity index (χ1v) is 4.09. The molecule has 1 atom stereocenters. The van der Waals surface area contributed by atoms with E-state index in [9.17, 15) is 13.2 Å². The Morgan fingerprint density at radius 2 is 1.93 bits per heavy atom. The highest BCUT2D eigenvalue weighted by Gasteiger charge is 2.52. The fourth-order valence-corrected chi connectivity index (χ4v) is 1.07. The summed E-state index contributed by atoms with van der Waals surface area (Å²) in [7, 11) is 1.27. The number of pyridine rings is 1. The second-order valence-corrected chi connectivity index (χ2v) is 3.09. The molecule has 1 unspecified atom stereocenters. The summed E-state index contributed by atoms with van der Waals surface area (Å²) in [4.78, 5) is 3.71. The fourth-order valence-electron chi connectivity index (χ4n) is 1.07. The van der Waals surface area contributed by atoms with Gasteiger partial charge >= 0.3 is 6.18 Å². The van der Waals surface area contributed by atoms with Crippen LogP contribution in [0.5, 0.6) is 0 Å². The first-order chi connectivity index (χ1) is 6.42. The fraction of sp³-hybridized carbons (Fsp3) is 0.444. The molecule has 14 heavy (non-hydrogen) atoms. The van der Waals surface area contributed by atoms with Crippen LogP contribution in [0.25, 0.3) is 0 Å². The van der Waals surface area contributed by atoms with Gasteiger partial charge in [0.1, 0.15) is 0 Å². The standard InChI is InChI=1S/C9H11F3N2/c1-8(13-2,9(10,11)12)7-5-3-4-6-14-7/h3-6,13H,1-2H3. The quantitative estimate of drug-likeness (QED) is 0.797. The lowest BCUT2D eigenvalue weighted by molar-refractivity contribution is -0.194. The molecule has 2 nitrogen and oxygen atoms in total. The Kier molecular flexibility index (Phi) is 2.80. The molecule has 1 rings (SSSR count). The third-order valence-electron chi connectivity index (χ3n) is 2.24. The van der Waals surface area contributed by atoms with Crippen LogP contribution in [0.2, 0.25) is 0 Å². The van der Waals surface area contributed by atoms with E-state index in [-0.39, 0.29) is 5.69 Å². The molecule has 0 saturated carbocycles. The number of rotatable bonds is 2. The highest BCUT2D eigenvalue weighted by molar-refractivity contribution is 5.17. The Morgan fingerprint density at radius 3 is 2.29 bits per heavy atom. The summed E-state index contributed by atoms with van der Waals surface area (Å²) in [6.45, 7) is 1.06. The molecule has 0 radical (unpaired) electrons. The number of hydrogen-bond acceptors (Lipinski definition) is 2. The zero-order valence-electron chi connectivity index (χ0n) is 7.89. The first kappa shape index (κ1) is 11.0. The molecule has 0 fully saturated rings. The Labute approximate surface area is 80.2 Å². The highest BCUT2D eigenvalue weighted by atomic mass is 19.4. The van der Waals surface area contributed by atoms with Crippen LogP contribution in [0.3, 0.4) is 0 Å². The molecule has 0 amide bonds. The van der Waals surface area contributed by atoms with Crippen LogP contribution in [0.4, 0.5) is 13.2 Å². The van der Waals surface area contributed by atoms with Crippen molar-refractivity contribution in [2.24, 2.45) is 0 Å². The molecule has 1 aromatic rings. The van der Waals surface area contributed by atoms with E-state index >= 15 is 0 Å². The maximum absolute atomic E-state index is 12.7. The van der Waals surface area contributed by atoms with Crippen molar-refractivity contribution in [2.45, 2.75) is 18.6 Å². The van der Waals surface area contributed by atoms with Gasteiger partial charge in [0.2, 0.25) is 0 Å². The third kappa shape index (κ3) is 1.72. The molecule has 78 valence electrons. The Balaban J connectivity index is 3.15. The van der Waals surface area contributed by atoms with Gasteiger partial charge in [-0.25, -0.2) is 0 Å². The van der Waals surface area contributed by atoms with Crippen LogP contribution < -0.4 is 5.32 Å². The topological polar surface area (TPSA) is 24.9 Å². The van der Waals surface area contributed by atoms with E-state index in [2.05, 4.69) is 10.3 Å². The molecular weight excluding hydrogens is 193 g/mol. The third-order valence-corrected chi connectivity index (χ3v) is 2.24. The van der Waals surface area contributed by atoms with Gasteiger partial charge in [0.15, 0.2) is 5.54 Å². The van der Waals surface area contributed by atoms with Crippen LogP contribution in [-0.4, -0.2) is 18.2 Å². The maximum Gasteiger partial charge on any atom is 0.412 e. The average molecular weight is 204 g/mol. The second-order valence-electron chi connectivity index (χ2n) is 3.09. The van der Waals surface area contributed by atoms with Gasteiger partial charge in [-0.2, -0.15) is 13.2 Å². The van der Waals surface area contributed by atoms with Crippen molar-refractivity contribution in [3.63, 3.8) is 0 Å². The Hall–Kier alpha value is -1.10. The van der Waals surface area contributed by atoms with E-state index in [0.29, 0.717) is 0 Å². The van der Waals surface area contributed by atoms with Gasteiger partial charge < -0.3 is 5.32 Å². The van der Waals surface area contributed by atoms with Gasteiger partial charge in [-0.1, -0.05) is 6.07 Å². The number of aromatic nitrogens is 1. The zero-order valence-corrected chi connectivity index (χ0v) is 7.89. The summed E-state index contributed by atoms with van der Waals surface area (Å²) >= 11 is 0. The van der Waals surface area contributed by atoms with Crippen molar-refractivity contribution in [3.8, 4) is 0 Å². The molecule has 0 saturated heterocycles. The second kappa shape index (κ2) is 3.57. The minimum atomic E-state index is -4.36. The summed E-state index contributed by atoms with van der Waals surface area (Å²) in [6, 6.07) is 4.46. The minimum absolute atomic E-state index is 0.0324. The van der Waals surface area contributed by atoms with Gasteiger partial charge in [-0.3, -0.25) is 4.98 Å². The normalized spacial score (nSPS) is 16.4. The van der Waals surface area contributed by atoms with E-state index < -0.39 is 11.7 Å². The largest absolute Gasteiger partial charge is 0.412 e. The summed E-state index contributed by atoms with van der Waals surface area (Å²) in [5.74, 6) is 0. The zero-order chi connectivity index (χ0) is 10.8. The van der Waals surface area contributed by atoms with Crippen LogP contribution in [-0.2, 0) is 5.54 Å². The molecule has 0 aliphatic rings. The molecule has 0 aliphatic heterocycles. The molecule has 0 aliphatic carbocycles. The first-order valence-electron chi connectivity index (χ1n) is 4.09. The lowest BCUT2D eigenvalue weighted by atomic mass is 9.97. The van der Waals surface area contributed by atoms with E-state index in [4.69, 9.17) is 0 Å². The molecule has 5 heteroatoms. The molecular formula is C9H11F3N2. The van der Waals surface area contributed by atoms with Crippen LogP contribution in [0.1, 0.15) is 12.6 Å². The van der Waals surface area contributed by atoms with Crippen LogP contribution >= 0.6 is 0 Å². The number of alkyl halides is 3. The maximum atomic E-state index is 12.7. The van der Waals surface area contributed by atoms with E-state index in [0.717, 1.165) is 6.92 Å². The number of hydrogen-bond donors (Lipinski definition) is 1. The lowest BCUT2D eigenvalue weighted by Gasteiger charge is -2.30. The Morgan fingerprint density at radius 1 is 1.29 bits per heavy atom. The molecule has 1 aromatic heterocycles. The van der Waals surface area contributed by atoms with Crippen molar-refractivity contribution in [3.05, 3.63) is 30.1 Å². The molecule has 0 aromatic carbocycles. The van der Waals surface area contributed by atoms with Crippen molar-refractivity contribution >= 4 is 0 Å². The lowest BCUT2D eigenvalue weighted by Crippen LogP contribution is -2.50. The van der Waals surface area contributed by atoms with Gasteiger partial charge in [-0.05, 0) is 26.1 Å². The van der Waals surface area contributed by atoms with E-state index in [1.165, 1.54) is 25.4 Å². The van der Waals surface area contributed by atoms with Gasteiger partial charge in [-0.15, -0.1) is 0 Å². The van der Waals surface area contributed by atoms with Crippen molar-refractivity contribution in [2.75, 3.05) is 7.05 Å². The smallest absolute Gasteiger partial charge is 0.302 e. The predicted molar refractivity (Wildman–Crippen MR) is 46.7 cm³/mol. The molecule has 0 spiro atoms. The predicted octanol–water partition coefficient (Wildman–Crippen LogP) is 2.08. The summed E-state index contributed by atoms with van der Waals surface area (Å²) in [5, 5.41) is 2.25. The number of nitrogens with one attached hydrogen (secondary N) is 1. The van der Waals surface area contributed by atoms with Crippen molar-refractivity contribution < 1.29 is 13.2 Å². The summed E-state index contributed by atoms with van der Waals surface area (Å²) < 4.78 is 38.1. The van der Waals surface area contributed by atoms with Gasteiger partial charge in [0, 0.05) is 6.20 Å². The van der Waals surface area contributed by atoms with Crippen molar-refractivity contribution in [1.29, 1.82) is 0 Å². The minimum Gasteiger partial charge on any atom is -0.302 e. The van der Waals surface area contributed by atoms with Gasteiger partial charge in [0.25, 0.3) is 0 Å². The summed E-state index contributed by atoms with van der Waals surface area (Å²) in [5.41, 5.74) is -2.12. The van der Waals surface area contributed by atoms with Crippen LogP contribution in [0, 0.1) is 0 Å². The molecule has 1 N–H and O–H groups in total. The summed E-state index contributed by atoms with van der Waals surface area (Å²) in [6.07, 6.45) is -3.02. The SMILES string of the molecule is CNC(C)(c1ccccn1)C(F)(F)F. The highest BCUT2D eigenvalue weighted by Crippen LogP contribution is 2.36.